The van der Waals surface area contributed by atoms with Crippen LogP contribution in [-0.4, -0.2) is 31.0 Å². The van der Waals surface area contributed by atoms with E-state index in [0.29, 0.717) is 5.75 Å². The lowest BCUT2D eigenvalue weighted by atomic mass is 10.2. The van der Waals surface area contributed by atoms with Crippen molar-refractivity contribution < 1.29 is 4.79 Å². The Hall–Kier alpha value is -2.27. The summed E-state index contributed by atoms with van der Waals surface area (Å²) in [5, 5.41) is 4.02. The van der Waals surface area contributed by atoms with E-state index in [4.69, 9.17) is 0 Å². The second-order valence-corrected chi connectivity index (χ2v) is 6.21. The second-order valence-electron chi connectivity index (χ2n) is 5.16. The molecule has 0 saturated carbocycles. The summed E-state index contributed by atoms with van der Waals surface area (Å²) in [5.74, 6) is 0.238. The minimum absolute atomic E-state index is 0.111. The fourth-order valence-corrected chi connectivity index (χ4v) is 2.95. The van der Waals surface area contributed by atoms with Crippen molar-refractivity contribution >= 4 is 29.6 Å². The smallest absolute Gasteiger partial charge is 0.250 e. The monoisotopic (exact) mass is 341 g/mol. The number of amides is 1. The number of nitrogens with one attached hydrogen (secondary N) is 1. The minimum atomic E-state index is -0.111. The standard InChI is InChI=1S/C19H23N3OS/c1-3-22(4-2)17-12-10-16(11-13-17)14-20-21-19(23)15-24-18-8-6-5-7-9-18/h5-14H,3-4,15H2,1-2H3,(H,21,23)/b20-14-. The SMILES string of the molecule is CCN(CC)c1ccc(/C=N\NC(=O)CSc2ccccc2)cc1. The molecule has 1 N–H and O–H groups in total. The topological polar surface area (TPSA) is 44.7 Å². The fourth-order valence-electron chi connectivity index (χ4n) is 2.24. The van der Waals surface area contributed by atoms with Gasteiger partial charge in [-0.15, -0.1) is 11.8 Å². The molecule has 5 heteroatoms. The summed E-state index contributed by atoms with van der Waals surface area (Å²) < 4.78 is 0. The van der Waals surface area contributed by atoms with Gasteiger partial charge in [-0.1, -0.05) is 30.3 Å². The van der Waals surface area contributed by atoms with Crippen LogP contribution in [0.15, 0.2) is 64.6 Å². The number of thioether (sulfide) groups is 1. The first kappa shape index (κ1) is 18.1. The van der Waals surface area contributed by atoms with Crippen molar-refractivity contribution in [2.45, 2.75) is 18.7 Å². The number of nitrogens with zero attached hydrogens (tertiary/aromatic N) is 2. The zero-order valence-corrected chi connectivity index (χ0v) is 14.9. The van der Waals surface area contributed by atoms with Crippen molar-refractivity contribution in [3.8, 4) is 0 Å². The normalized spacial score (nSPS) is 10.8. The van der Waals surface area contributed by atoms with Gasteiger partial charge in [0.2, 0.25) is 5.91 Å². The minimum Gasteiger partial charge on any atom is -0.372 e. The number of hydrogen-bond donors (Lipinski definition) is 1. The van der Waals surface area contributed by atoms with Gasteiger partial charge < -0.3 is 4.90 Å². The molecule has 0 unspecified atom stereocenters. The van der Waals surface area contributed by atoms with E-state index < -0.39 is 0 Å². The highest BCUT2D eigenvalue weighted by atomic mass is 32.2. The maximum atomic E-state index is 11.8. The molecule has 0 spiro atoms. The molecule has 2 aromatic rings. The summed E-state index contributed by atoms with van der Waals surface area (Å²) >= 11 is 1.49. The van der Waals surface area contributed by atoms with Crippen LogP contribution in [0.3, 0.4) is 0 Å². The highest BCUT2D eigenvalue weighted by Gasteiger charge is 2.02. The first-order valence-corrected chi connectivity index (χ1v) is 9.06. The van der Waals surface area contributed by atoms with E-state index in [1.54, 1.807) is 6.21 Å². The third-order valence-electron chi connectivity index (χ3n) is 3.54. The molecule has 0 radical (unpaired) electrons. The average molecular weight is 341 g/mol. The van der Waals surface area contributed by atoms with E-state index in [1.807, 2.05) is 42.5 Å². The number of benzene rings is 2. The van der Waals surface area contributed by atoms with E-state index in [2.05, 4.69) is 41.4 Å². The molecule has 0 fully saturated rings. The van der Waals surface area contributed by atoms with E-state index in [0.717, 1.165) is 23.5 Å². The first-order chi connectivity index (χ1) is 11.7. The Morgan fingerprint density at radius 2 is 1.75 bits per heavy atom. The van der Waals surface area contributed by atoms with E-state index in [1.165, 1.54) is 17.4 Å². The molecular formula is C19H23N3OS. The largest absolute Gasteiger partial charge is 0.372 e. The van der Waals surface area contributed by atoms with Crippen molar-refractivity contribution in [1.29, 1.82) is 0 Å². The molecule has 2 rings (SSSR count). The Bertz CT molecular complexity index is 652. The molecule has 1 amide bonds. The number of hydrazone groups is 1. The molecule has 4 nitrogen and oxygen atoms in total. The Morgan fingerprint density at radius 1 is 1.08 bits per heavy atom. The number of rotatable bonds is 8. The van der Waals surface area contributed by atoms with Crippen LogP contribution >= 0.6 is 11.8 Å². The van der Waals surface area contributed by atoms with Crippen LogP contribution in [0.25, 0.3) is 0 Å². The molecule has 0 aliphatic heterocycles. The van der Waals surface area contributed by atoms with E-state index in [9.17, 15) is 4.79 Å². The zero-order chi connectivity index (χ0) is 17.2. The highest BCUT2D eigenvalue weighted by molar-refractivity contribution is 8.00. The summed E-state index contributed by atoms with van der Waals surface area (Å²) in [6, 6.07) is 18.0. The van der Waals surface area contributed by atoms with E-state index >= 15 is 0 Å². The summed E-state index contributed by atoms with van der Waals surface area (Å²) in [5.41, 5.74) is 4.72. The number of hydrogen-bond acceptors (Lipinski definition) is 4. The summed E-state index contributed by atoms with van der Waals surface area (Å²) in [4.78, 5) is 15.1. The van der Waals surface area contributed by atoms with Crippen LogP contribution in [0.1, 0.15) is 19.4 Å². The molecule has 0 aliphatic carbocycles. The lowest BCUT2D eigenvalue weighted by molar-refractivity contribution is -0.118. The summed E-state index contributed by atoms with van der Waals surface area (Å²) in [6.07, 6.45) is 1.66. The lowest BCUT2D eigenvalue weighted by Gasteiger charge is -2.20. The van der Waals surface area contributed by atoms with Crippen LogP contribution in [0.5, 0.6) is 0 Å². The molecule has 126 valence electrons. The average Bonchev–Trinajstić information content (AvgIpc) is 2.63. The van der Waals surface area contributed by atoms with Gasteiger partial charge in [0.05, 0.1) is 12.0 Å². The van der Waals surface area contributed by atoms with Gasteiger partial charge in [0, 0.05) is 23.7 Å². The molecule has 2 aromatic carbocycles. The maximum absolute atomic E-state index is 11.8. The van der Waals surface area contributed by atoms with Crippen LogP contribution in [0.2, 0.25) is 0 Å². The Balaban J connectivity index is 1.79. The van der Waals surface area contributed by atoms with Gasteiger partial charge in [-0.2, -0.15) is 5.10 Å². The van der Waals surface area contributed by atoms with Gasteiger partial charge in [0.25, 0.3) is 0 Å². The van der Waals surface area contributed by atoms with Crippen molar-refractivity contribution in [3.63, 3.8) is 0 Å². The lowest BCUT2D eigenvalue weighted by Crippen LogP contribution is -2.21. The maximum Gasteiger partial charge on any atom is 0.250 e. The van der Waals surface area contributed by atoms with Gasteiger partial charge in [-0.25, -0.2) is 5.43 Å². The molecule has 0 bridgehead atoms. The fraction of sp³-hybridized carbons (Fsp3) is 0.263. The first-order valence-electron chi connectivity index (χ1n) is 8.07. The molecule has 0 aliphatic rings. The van der Waals surface area contributed by atoms with Gasteiger partial charge in [-0.05, 0) is 43.7 Å². The quantitative estimate of drug-likeness (QED) is 0.451. The summed E-state index contributed by atoms with van der Waals surface area (Å²) in [6.45, 7) is 6.25. The Labute approximate surface area is 148 Å². The van der Waals surface area contributed by atoms with Crippen molar-refractivity contribution in [3.05, 3.63) is 60.2 Å². The Kier molecular flexibility index (Phi) is 7.36. The zero-order valence-electron chi connectivity index (χ0n) is 14.1. The highest BCUT2D eigenvalue weighted by Crippen LogP contribution is 2.16. The predicted octanol–water partition coefficient (Wildman–Crippen LogP) is 3.78. The van der Waals surface area contributed by atoms with Crippen LogP contribution < -0.4 is 10.3 Å². The van der Waals surface area contributed by atoms with Crippen LogP contribution in [0.4, 0.5) is 5.69 Å². The molecule has 0 heterocycles. The van der Waals surface area contributed by atoms with Crippen LogP contribution in [0, 0.1) is 0 Å². The molecule has 0 saturated heterocycles. The Morgan fingerprint density at radius 3 is 2.38 bits per heavy atom. The molecule has 24 heavy (non-hydrogen) atoms. The van der Waals surface area contributed by atoms with Crippen LogP contribution in [-0.2, 0) is 4.79 Å². The third kappa shape index (κ3) is 5.74. The molecular weight excluding hydrogens is 318 g/mol. The predicted molar refractivity (Wildman–Crippen MR) is 103 cm³/mol. The number of carbonyl (C=O) groups is 1. The van der Waals surface area contributed by atoms with Crippen molar-refractivity contribution in [1.82, 2.24) is 5.43 Å². The van der Waals surface area contributed by atoms with Crippen molar-refractivity contribution in [2.24, 2.45) is 5.10 Å². The number of anilines is 1. The molecule has 0 aromatic heterocycles. The third-order valence-corrected chi connectivity index (χ3v) is 4.55. The molecule has 0 atom stereocenters. The van der Waals surface area contributed by atoms with Gasteiger partial charge in [-0.3, -0.25) is 4.79 Å². The van der Waals surface area contributed by atoms with Crippen molar-refractivity contribution in [2.75, 3.05) is 23.7 Å². The van der Waals surface area contributed by atoms with Gasteiger partial charge in [0.15, 0.2) is 0 Å². The van der Waals surface area contributed by atoms with Gasteiger partial charge in [0.1, 0.15) is 0 Å². The second kappa shape index (κ2) is 9.78. The summed E-state index contributed by atoms with van der Waals surface area (Å²) in [7, 11) is 0. The number of carbonyl (C=O) groups excluding carboxylic acids is 1. The van der Waals surface area contributed by atoms with E-state index in [-0.39, 0.29) is 5.91 Å². The van der Waals surface area contributed by atoms with Gasteiger partial charge >= 0.3 is 0 Å².